The van der Waals surface area contributed by atoms with Gasteiger partial charge in [-0.3, -0.25) is 9.80 Å². The molecule has 2 heterocycles. The summed E-state index contributed by atoms with van der Waals surface area (Å²) in [6, 6.07) is 6.99. The van der Waals surface area contributed by atoms with E-state index < -0.39 is 0 Å². The van der Waals surface area contributed by atoms with E-state index in [1.54, 1.807) is 0 Å². The van der Waals surface area contributed by atoms with Gasteiger partial charge in [-0.25, -0.2) is 0 Å². The van der Waals surface area contributed by atoms with Gasteiger partial charge in [0.05, 0.1) is 0 Å². The monoisotopic (exact) mass is 259 g/mol. The summed E-state index contributed by atoms with van der Waals surface area (Å²) in [4.78, 5) is 5.06. The molecule has 0 saturated carbocycles. The quantitative estimate of drug-likeness (QED) is 0.874. The van der Waals surface area contributed by atoms with Crippen molar-refractivity contribution in [3.63, 3.8) is 0 Å². The van der Waals surface area contributed by atoms with Crippen LogP contribution in [0.5, 0.6) is 0 Å². The smallest absolute Gasteiger partial charge is 0.0277 e. The number of piperazine rings is 1. The minimum absolute atomic E-state index is 0.288. The lowest BCUT2D eigenvalue weighted by molar-refractivity contribution is 0.0360. The van der Waals surface area contributed by atoms with Gasteiger partial charge in [0.15, 0.2) is 0 Å². The van der Waals surface area contributed by atoms with Crippen molar-refractivity contribution in [2.45, 2.75) is 39.0 Å². The minimum Gasteiger partial charge on any atom is -0.309 e. The maximum Gasteiger partial charge on any atom is 0.0277 e. The molecule has 2 aliphatic rings. The summed E-state index contributed by atoms with van der Waals surface area (Å²) < 4.78 is 0. The second kappa shape index (κ2) is 4.89. The molecule has 0 unspecified atom stereocenters. The Morgan fingerprint density at radius 3 is 2.74 bits per heavy atom. The average molecular weight is 259 g/mol. The predicted molar refractivity (Wildman–Crippen MR) is 79.0 cm³/mol. The first-order chi connectivity index (χ1) is 9.04. The third kappa shape index (κ3) is 2.69. The first-order valence-electron chi connectivity index (χ1n) is 7.30. The highest BCUT2D eigenvalue weighted by atomic mass is 15.3. The Morgan fingerprint density at radius 1 is 1.16 bits per heavy atom. The van der Waals surface area contributed by atoms with Crippen molar-refractivity contribution < 1.29 is 0 Å². The van der Waals surface area contributed by atoms with Gasteiger partial charge in [0, 0.05) is 44.8 Å². The molecular formula is C16H25N3. The first-order valence-corrected chi connectivity index (χ1v) is 7.30. The summed E-state index contributed by atoms with van der Waals surface area (Å²) in [6.45, 7) is 11.3. The fraction of sp³-hybridized carbons (Fsp3) is 0.625. The molecule has 1 aromatic carbocycles. The Morgan fingerprint density at radius 2 is 1.95 bits per heavy atom. The second-order valence-electron chi connectivity index (χ2n) is 6.65. The van der Waals surface area contributed by atoms with Gasteiger partial charge in [-0.1, -0.05) is 18.2 Å². The van der Waals surface area contributed by atoms with Gasteiger partial charge in [0.1, 0.15) is 0 Å². The van der Waals surface area contributed by atoms with Crippen LogP contribution in [0.1, 0.15) is 30.5 Å². The molecule has 19 heavy (non-hydrogen) atoms. The molecule has 0 radical (unpaired) electrons. The summed E-state index contributed by atoms with van der Waals surface area (Å²) in [7, 11) is 2.23. The number of rotatable bonds is 2. The SMILES string of the molecule is CN1CCN(Cc2ccc3c(c2)CNC3)CC1(C)C. The summed E-state index contributed by atoms with van der Waals surface area (Å²) in [5, 5.41) is 3.42. The average Bonchev–Trinajstić information content (AvgIpc) is 2.81. The fourth-order valence-corrected chi connectivity index (χ4v) is 3.18. The Labute approximate surface area is 116 Å². The number of hydrogen-bond acceptors (Lipinski definition) is 3. The second-order valence-corrected chi connectivity index (χ2v) is 6.65. The van der Waals surface area contributed by atoms with Gasteiger partial charge >= 0.3 is 0 Å². The normalized spacial score (nSPS) is 23.5. The van der Waals surface area contributed by atoms with Crippen LogP contribution in [0.15, 0.2) is 18.2 Å². The van der Waals surface area contributed by atoms with Crippen LogP contribution in [0.3, 0.4) is 0 Å². The highest BCUT2D eigenvalue weighted by molar-refractivity contribution is 5.34. The Hall–Kier alpha value is -0.900. The van der Waals surface area contributed by atoms with Crippen molar-refractivity contribution in [1.82, 2.24) is 15.1 Å². The van der Waals surface area contributed by atoms with Crippen LogP contribution in [0, 0.1) is 0 Å². The fourth-order valence-electron chi connectivity index (χ4n) is 3.18. The zero-order valence-corrected chi connectivity index (χ0v) is 12.4. The van der Waals surface area contributed by atoms with Crippen molar-refractivity contribution in [1.29, 1.82) is 0 Å². The van der Waals surface area contributed by atoms with E-state index in [-0.39, 0.29) is 5.54 Å². The molecule has 1 fully saturated rings. The van der Waals surface area contributed by atoms with E-state index in [1.165, 1.54) is 29.8 Å². The number of benzene rings is 1. The molecule has 1 N–H and O–H groups in total. The molecule has 2 aliphatic heterocycles. The highest BCUT2D eigenvalue weighted by Gasteiger charge is 2.30. The van der Waals surface area contributed by atoms with E-state index in [9.17, 15) is 0 Å². The molecule has 0 atom stereocenters. The minimum atomic E-state index is 0.288. The van der Waals surface area contributed by atoms with Crippen molar-refractivity contribution in [3.8, 4) is 0 Å². The van der Waals surface area contributed by atoms with E-state index >= 15 is 0 Å². The Kier molecular flexibility index (Phi) is 3.37. The van der Waals surface area contributed by atoms with Crippen LogP contribution in [0.2, 0.25) is 0 Å². The maximum atomic E-state index is 3.42. The van der Waals surface area contributed by atoms with E-state index in [0.717, 1.165) is 26.2 Å². The van der Waals surface area contributed by atoms with Crippen LogP contribution in [-0.4, -0.2) is 42.0 Å². The number of nitrogens with one attached hydrogen (secondary N) is 1. The van der Waals surface area contributed by atoms with Crippen LogP contribution in [-0.2, 0) is 19.6 Å². The molecule has 0 aliphatic carbocycles. The maximum absolute atomic E-state index is 3.42. The van der Waals surface area contributed by atoms with Crippen LogP contribution < -0.4 is 5.32 Å². The van der Waals surface area contributed by atoms with Crippen LogP contribution >= 0.6 is 0 Å². The molecule has 0 bridgehead atoms. The van der Waals surface area contributed by atoms with E-state index in [1.807, 2.05) is 0 Å². The first kappa shape index (κ1) is 13.1. The van der Waals surface area contributed by atoms with Gasteiger partial charge in [-0.2, -0.15) is 0 Å². The lowest BCUT2D eigenvalue weighted by atomic mass is 9.99. The topological polar surface area (TPSA) is 18.5 Å². The molecule has 0 aromatic heterocycles. The number of nitrogens with zero attached hydrogens (tertiary/aromatic N) is 2. The number of fused-ring (bicyclic) bond motifs is 1. The van der Waals surface area contributed by atoms with Gasteiger partial charge in [0.25, 0.3) is 0 Å². The van der Waals surface area contributed by atoms with Gasteiger partial charge in [0.2, 0.25) is 0 Å². The molecule has 3 rings (SSSR count). The third-order valence-electron chi connectivity index (χ3n) is 4.70. The summed E-state index contributed by atoms with van der Waals surface area (Å²) in [6.07, 6.45) is 0. The summed E-state index contributed by atoms with van der Waals surface area (Å²) >= 11 is 0. The summed E-state index contributed by atoms with van der Waals surface area (Å²) in [5.74, 6) is 0. The lowest BCUT2D eigenvalue weighted by Gasteiger charge is -2.45. The van der Waals surface area contributed by atoms with Crippen LogP contribution in [0.25, 0.3) is 0 Å². The standard InChI is InChI=1S/C16H25N3/c1-16(2)12-19(7-6-18(16)3)11-13-4-5-14-9-17-10-15(14)8-13/h4-5,8,17H,6-7,9-12H2,1-3H3. The molecule has 1 aromatic rings. The van der Waals surface area contributed by atoms with E-state index in [2.05, 4.69) is 54.2 Å². The zero-order chi connectivity index (χ0) is 13.5. The molecule has 3 heteroatoms. The molecule has 3 nitrogen and oxygen atoms in total. The molecular weight excluding hydrogens is 234 g/mol. The number of hydrogen-bond donors (Lipinski definition) is 1. The molecule has 0 spiro atoms. The predicted octanol–water partition coefficient (Wildman–Crippen LogP) is 1.82. The third-order valence-corrected chi connectivity index (χ3v) is 4.70. The summed E-state index contributed by atoms with van der Waals surface area (Å²) in [5.41, 5.74) is 4.72. The van der Waals surface area contributed by atoms with Crippen molar-refractivity contribution in [2.75, 3.05) is 26.7 Å². The molecule has 1 saturated heterocycles. The number of likely N-dealkylation sites (N-methyl/N-ethyl adjacent to an activating group) is 1. The van der Waals surface area contributed by atoms with Crippen molar-refractivity contribution in [2.24, 2.45) is 0 Å². The zero-order valence-electron chi connectivity index (χ0n) is 12.4. The van der Waals surface area contributed by atoms with E-state index in [4.69, 9.17) is 0 Å². The molecule has 104 valence electrons. The van der Waals surface area contributed by atoms with E-state index in [0.29, 0.717) is 0 Å². The lowest BCUT2D eigenvalue weighted by Crippen LogP contribution is -2.57. The van der Waals surface area contributed by atoms with Gasteiger partial charge in [-0.15, -0.1) is 0 Å². The van der Waals surface area contributed by atoms with Gasteiger partial charge < -0.3 is 5.32 Å². The van der Waals surface area contributed by atoms with Gasteiger partial charge in [-0.05, 0) is 37.6 Å². The van der Waals surface area contributed by atoms with Crippen LogP contribution in [0.4, 0.5) is 0 Å². The largest absolute Gasteiger partial charge is 0.309 e. The highest BCUT2D eigenvalue weighted by Crippen LogP contribution is 2.22. The van der Waals surface area contributed by atoms with Crippen molar-refractivity contribution >= 4 is 0 Å². The Balaban J connectivity index is 1.69. The van der Waals surface area contributed by atoms with Crippen molar-refractivity contribution in [3.05, 3.63) is 34.9 Å². The molecule has 0 amide bonds. The Bertz CT molecular complexity index is 467.